The molecule has 0 aliphatic rings. The molecule has 0 spiro atoms. The lowest BCUT2D eigenvalue weighted by Gasteiger charge is -2.02. The first-order valence-electron chi connectivity index (χ1n) is 8.68. The molecule has 2 aromatic carbocycles. The number of rotatable bonds is 4. The molecule has 0 aliphatic carbocycles. The number of halogens is 1. The summed E-state index contributed by atoms with van der Waals surface area (Å²) in [6, 6.07) is 13.9. The van der Waals surface area contributed by atoms with Gasteiger partial charge in [-0.1, -0.05) is 29.8 Å². The second-order valence-corrected chi connectivity index (χ2v) is 6.75. The molecule has 0 bridgehead atoms. The fraction of sp³-hybridized carbons (Fsp3) is 0.0476. The van der Waals surface area contributed by atoms with Crippen LogP contribution >= 0.6 is 11.6 Å². The number of carbonyl (C=O) groups is 2. The van der Waals surface area contributed by atoms with E-state index in [1.807, 2.05) is 0 Å². The van der Waals surface area contributed by atoms with E-state index in [0.29, 0.717) is 10.9 Å². The summed E-state index contributed by atoms with van der Waals surface area (Å²) in [4.78, 5) is 35.9. The van der Waals surface area contributed by atoms with Crippen molar-refractivity contribution in [3.63, 3.8) is 0 Å². The van der Waals surface area contributed by atoms with E-state index in [4.69, 9.17) is 20.8 Å². The Labute approximate surface area is 174 Å². The quantitative estimate of drug-likeness (QED) is 0.261. The molecule has 0 saturated carbocycles. The van der Waals surface area contributed by atoms with Crippen LogP contribution < -0.4 is 0 Å². The number of hydrogen-bond acceptors (Lipinski definition) is 6. The van der Waals surface area contributed by atoms with Gasteiger partial charge in [0.1, 0.15) is 5.76 Å². The number of nitro groups is 1. The normalized spacial score (nSPS) is 10.9. The monoisotopic (exact) mass is 424 g/mol. The first-order valence-corrected chi connectivity index (χ1v) is 9.05. The summed E-state index contributed by atoms with van der Waals surface area (Å²) in [6.07, 6.45) is 1.38. The molecular formula is C21H13ClN2O6. The van der Waals surface area contributed by atoms with Gasteiger partial charge in [0.15, 0.2) is 5.76 Å². The second-order valence-electron chi connectivity index (χ2n) is 6.31. The highest BCUT2D eigenvalue weighted by Gasteiger charge is 2.23. The van der Waals surface area contributed by atoms with Gasteiger partial charge in [-0.05, 0) is 30.3 Å². The highest BCUT2D eigenvalue weighted by Crippen LogP contribution is 2.34. The third-order valence-corrected chi connectivity index (χ3v) is 4.81. The largest absolute Gasteiger partial charge is 0.465 e. The van der Waals surface area contributed by atoms with Crippen LogP contribution in [-0.4, -0.2) is 28.5 Å². The van der Waals surface area contributed by atoms with Crippen molar-refractivity contribution in [2.24, 2.45) is 0 Å². The zero-order valence-corrected chi connectivity index (χ0v) is 16.3. The van der Waals surface area contributed by atoms with Crippen LogP contribution in [0.3, 0.4) is 0 Å². The number of methoxy groups -OCH3 is 1. The number of esters is 1. The van der Waals surface area contributed by atoms with E-state index in [9.17, 15) is 19.7 Å². The second kappa shape index (κ2) is 7.49. The van der Waals surface area contributed by atoms with Gasteiger partial charge < -0.3 is 9.15 Å². The van der Waals surface area contributed by atoms with E-state index in [1.165, 1.54) is 48.2 Å². The molecule has 0 fully saturated rings. The van der Waals surface area contributed by atoms with Crippen molar-refractivity contribution in [3.05, 3.63) is 87.3 Å². The lowest BCUT2D eigenvalue weighted by atomic mass is 10.1. The van der Waals surface area contributed by atoms with Crippen LogP contribution in [-0.2, 0) is 4.74 Å². The Morgan fingerprint density at radius 3 is 2.63 bits per heavy atom. The van der Waals surface area contributed by atoms with Crippen molar-refractivity contribution in [3.8, 4) is 11.3 Å². The lowest BCUT2D eigenvalue weighted by Crippen LogP contribution is -2.10. The summed E-state index contributed by atoms with van der Waals surface area (Å²) >= 11 is 5.85. The van der Waals surface area contributed by atoms with Crippen molar-refractivity contribution < 1.29 is 23.7 Å². The van der Waals surface area contributed by atoms with E-state index >= 15 is 0 Å². The summed E-state index contributed by atoms with van der Waals surface area (Å²) in [7, 11) is 1.26. The fourth-order valence-electron chi connectivity index (χ4n) is 3.20. The van der Waals surface area contributed by atoms with Gasteiger partial charge in [0.2, 0.25) is 0 Å². The Hall–Kier alpha value is -3.91. The number of carbonyl (C=O) groups excluding carboxylic acids is 2. The minimum atomic E-state index is -0.576. The molecule has 4 aromatic rings. The van der Waals surface area contributed by atoms with E-state index in [1.54, 1.807) is 24.3 Å². The smallest absolute Gasteiger partial charge is 0.340 e. The topological polar surface area (TPSA) is 105 Å². The average molecular weight is 425 g/mol. The molecule has 0 unspecified atom stereocenters. The molecule has 0 amide bonds. The zero-order chi connectivity index (χ0) is 21.4. The van der Waals surface area contributed by atoms with Gasteiger partial charge in [-0.15, -0.1) is 0 Å². The van der Waals surface area contributed by atoms with Crippen molar-refractivity contribution >= 4 is 40.1 Å². The summed E-state index contributed by atoms with van der Waals surface area (Å²) in [5, 5.41) is 12.1. The minimum Gasteiger partial charge on any atom is -0.465 e. The number of benzene rings is 2. The molecule has 0 N–H and O–H groups in total. The first-order chi connectivity index (χ1) is 14.4. The third kappa shape index (κ3) is 3.23. The van der Waals surface area contributed by atoms with Gasteiger partial charge >= 0.3 is 5.97 Å². The number of nitro benzene ring substituents is 1. The van der Waals surface area contributed by atoms with Crippen LogP contribution in [0.25, 0.3) is 22.2 Å². The van der Waals surface area contributed by atoms with Crippen LogP contribution in [0.5, 0.6) is 0 Å². The van der Waals surface area contributed by atoms with Gasteiger partial charge in [0.25, 0.3) is 11.6 Å². The van der Waals surface area contributed by atoms with Crippen molar-refractivity contribution in [1.29, 1.82) is 0 Å². The number of nitrogens with zero attached hydrogens (tertiary/aromatic N) is 2. The Kier molecular flexibility index (Phi) is 4.85. The predicted octanol–water partition coefficient (Wildman–Crippen LogP) is 4.94. The molecule has 0 atom stereocenters. The highest BCUT2D eigenvalue weighted by molar-refractivity contribution is 6.31. The average Bonchev–Trinajstić information content (AvgIpc) is 3.38. The SMILES string of the molecule is COC(=O)c1cn(C(=O)c2ccc(-c3ccc(Cl)cc3[N+](=O)[O-])o2)c2ccccc12. The molecule has 0 saturated heterocycles. The maximum Gasteiger partial charge on any atom is 0.340 e. The predicted molar refractivity (Wildman–Crippen MR) is 109 cm³/mol. The van der Waals surface area contributed by atoms with Gasteiger partial charge in [-0.2, -0.15) is 0 Å². The fourth-order valence-corrected chi connectivity index (χ4v) is 3.37. The van der Waals surface area contributed by atoms with E-state index in [2.05, 4.69) is 0 Å². The molecule has 150 valence electrons. The Morgan fingerprint density at radius 2 is 1.90 bits per heavy atom. The third-order valence-electron chi connectivity index (χ3n) is 4.57. The van der Waals surface area contributed by atoms with E-state index in [0.717, 1.165) is 0 Å². The Balaban J connectivity index is 1.78. The maximum absolute atomic E-state index is 13.1. The van der Waals surface area contributed by atoms with Crippen LogP contribution in [0.15, 0.2) is 65.2 Å². The molecule has 9 heteroatoms. The number of furan rings is 1. The molecule has 0 aliphatic heterocycles. The molecule has 2 heterocycles. The molecule has 30 heavy (non-hydrogen) atoms. The van der Waals surface area contributed by atoms with E-state index < -0.39 is 16.8 Å². The Morgan fingerprint density at radius 1 is 1.13 bits per heavy atom. The number of fused-ring (bicyclic) bond motifs is 1. The van der Waals surface area contributed by atoms with Gasteiger partial charge in [0, 0.05) is 22.7 Å². The van der Waals surface area contributed by atoms with Gasteiger partial charge in [-0.25, -0.2) is 4.79 Å². The number of aromatic nitrogens is 1. The highest BCUT2D eigenvalue weighted by atomic mass is 35.5. The molecule has 4 rings (SSSR count). The van der Waals surface area contributed by atoms with Crippen LogP contribution in [0.1, 0.15) is 20.9 Å². The van der Waals surface area contributed by atoms with Gasteiger partial charge in [0.05, 0.1) is 28.7 Å². The van der Waals surface area contributed by atoms with Gasteiger partial charge in [-0.3, -0.25) is 19.5 Å². The number of ether oxygens (including phenoxy) is 1. The first kappa shape index (κ1) is 19.4. The maximum atomic E-state index is 13.1. The Bertz CT molecular complexity index is 1320. The molecule has 8 nitrogen and oxygen atoms in total. The molecule has 0 radical (unpaired) electrons. The van der Waals surface area contributed by atoms with Crippen LogP contribution in [0.4, 0.5) is 5.69 Å². The summed E-state index contributed by atoms with van der Waals surface area (Å²) in [6.45, 7) is 0. The van der Waals surface area contributed by atoms with Crippen LogP contribution in [0, 0.1) is 10.1 Å². The van der Waals surface area contributed by atoms with Crippen LogP contribution in [0.2, 0.25) is 5.02 Å². The van der Waals surface area contributed by atoms with E-state index in [-0.39, 0.29) is 33.4 Å². The zero-order valence-electron chi connectivity index (χ0n) is 15.5. The molecular weight excluding hydrogens is 412 g/mol. The summed E-state index contributed by atoms with van der Waals surface area (Å²) in [5.41, 5.74) is 0.686. The van der Waals surface area contributed by atoms with Crippen molar-refractivity contribution in [2.45, 2.75) is 0 Å². The standard InChI is InChI=1S/C21H13ClN2O6/c1-29-21(26)15-11-23(16-5-3-2-4-13(15)16)20(25)19-9-8-18(30-19)14-7-6-12(22)10-17(14)24(27)28/h2-11H,1H3. The summed E-state index contributed by atoms with van der Waals surface area (Å²) in [5.74, 6) is -1.02. The minimum absolute atomic E-state index is 0.0496. The number of para-hydroxylation sites is 1. The van der Waals surface area contributed by atoms with Crippen molar-refractivity contribution in [2.75, 3.05) is 7.11 Å². The molecule has 2 aromatic heterocycles. The lowest BCUT2D eigenvalue weighted by molar-refractivity contribution is -0.384. The summed E-state index contributed by atoms with van der Waals surface area (Å²) < 4.78 is 11.7. The number of hydrogen-bond donors (Lipinski definition) is 0. The van der Waals surface area contributed by atoms with Crippen molar-refractivity contribution in [1.82, 2.24) is 4.57 Å².